The molecule has 1 aliphatic rings. The van der Waals surface area contributed by atoms with E-state index in [1.54, 1.807) is 30.3 Å². The highest BCUT2D eigenvalue weighted by atomic mass is 79.9. The largest absolute Gasteiger partial charge is 0.508 e. The first-order valence-electron chi connectivity index (χ1n) is 5.66. The Kier molecular flexibility index (Phi) is 2.62. The van der Waals surface area contributed by atoms with E-state index in [0.29, 0.717) is 11.3 Å². The average molecular weight is 320 g/mol. The van der Waals surface area contributed by atoms with E-state index in [9.17, 15) is 15.0 Å². The van der Waals surface area contributed by atoms with Crippen LogP contribution in [-0.2, 0) is 10.4 Å². The lowest BCUT2D eigenvalue weighted by molar-refractivity contribution is -0.129. The number of aromatic hydroxyl groups is 1. The van der Waals surface area contributed by atoms with Gasteiger partial charge in [-0.25, -0.2) is 0 Å². The van der Waals surface area contributed by atoms with E-state index in [4.69, 9.17) is 0 Å². The number of amides is 1. The van der Waals surface area contributed by atoms with Crippen LogP contribution in [0.5, 0.6) is 5.75 Å². The van der Waals surface area contributed by atoms with E-state index in [0.717, 1.165) is 4.47 Å². The van der Waals surface area contributed by atoms with Crippen LogP contribution < -0.4 is 5.32 Å². The molecule has 0 spiro atoms. The monoisotopic (exact) mass is 319 g/mol. The van der Waals surface area contributed by atoms with Crippen LogP contribution in [0.25, 0.3) is 0 Å². The van der Waals surface area contributed by atoms with Gasteiger partial charge in [0, 0.05) is 21.3 Å². The summed E-state index contributed by atoms with van der Waals surface area (Å²) in [4.78, 5) is 12.1. The first-order valence-corrected chi connectivity index (χ1v) is 6.45. The number of anilines is 1. The quantitative estimate of drug-likeness (QED) is 0.755. The Balaban J connectivity index is 2.26. The molecule has 2 aromatic rings. The van der Waals surface area contributed by atoms with E-state index >= 15 is 0 Å². The maximum atomic E-state index is 12.1. The number of nitrogens with one attached hydrogen (secondary N) is 1. The van der Waals surface area contributed by atoms with Crippen molar-refractivity contribution in [1.82, 2.24) is 0 Å². The second-order valence-corrected chi connectivity index (χ2v) is 5.29. The summed E-state index contributed by atoms with van der Waals surface area (Å²) in [7, 11) is 0. The van der Waals surface area contributed by atoms with Crippen molar-refractivity contribution >= 4 is 27.5 Å². The summed E-state index contributed by atoms with van der Waals surface area (Å²) in [5, 5.41) is 23.3. The summed E-state index contributed by atoms with van der Waals surface area (Å²) in [6, 6.07) is 11.4. The Labute approximate surface area is 117 Å². The number of hydrogen-bond acceptors (Lipinski definition) is 3. The van der Waals surface area contributed by atoms with Gasteiger partial charge in [0.1, 0.15) is 5.75 Å². The highest BCUT2D eigenvalue weighted by molar-refractivity contribution is 9.10. The second kappa shape index (κ2) is 4.08. The van der Waals surface area contributed by atoms with Gasteiger partial charge in [-0.3, -0.25) is 4.79 Å². The molecule has 3 rings (SSSR count). The normalized spacial score (nSPS) is 21.1. The number of carbonyl (C=O) groups is 1. The third-order valence-corrected chi connectivity index (χ3v) is 3.74. The van der Waals surface area contributed by atoms with Crippen molar-refractivity contribution in [2.45, 2.75) is 5.60 Å². The Morgan fingerprint density at radius 3 is 2.58 bits per heavy atom. The number of para-hydroxylation sites is 1. The van der Waals surface area contributed by atoms with Gasteiger partial charge in [0.05, 0.1) is 0 Å². The summed E-state index contributed by atoms with van der Waals surface area (Å²) < 4.78 is 0.799. The summed E-state index contributed by atoms with van der Waals surface area (Å²) >= 11 is 3.31. The van der Waals surface area contributed by atoms with Crippen LogP contribution in [0.1, 0.15) is 11.1 Å². The molecule has 1 aliphatic heterocycles. The van der Waals surface area contributed by atoms with Gasteiger partial charge in [-0.2, -0.15) is 0 Å². The summed E-state index contributed by atoms with van der Waals surface area (Å²) in [6.07, 6.45) is 0. The molecule has 0 radical (unpaired) electrons. The van der Waals surface area contributed by atoms with Gasteiger partial charge >= 0.3 is 0 Å². The molecule has 1 amide bonds. The van der Waals surface area contributed by atoms with E-state index in [2.05, 4.69) is 21.2 Å². The Bertz CT molecular complexity index is 686. The molecule has 2 aromatic carbocycles. The Hall–Kier alpha value is -1.85. The zero-order valence-corrected chi connectivity index (χ0v) is 11.3. The molecule has 0 fully saturated rings. The highest BCUT2D eigenvalue weighted by Gasteiger charge is 2.48. The molecule has 1 atom stereocenters. The first-order chi connectivity index (χ1) is 9.03. The van der Waals surface area contributed by atoms with Gasteiger partial charge in [-0.15, -0.1) is 0 Å². The predicted molar refractivity (Wildman–Crippen MR) is 73.9 cm³/mol. The topological polar surface area (TPSA) is 69.6 Å². The van der Waals surface area contributed by atoms with Gasteiger partial charge < -0.3 is 15.5 Å². The third kappa shape index (κ3) is 1.66. The smallest absolute Gasteiger partial charge is 0.266 e. The fourth-order valence-electron chi connectivity index (χ4n) is 2.32. The summed E-state index contributed by atoms with van der Waals surface area (Å²) in [5.41, 5.74) is -0.720. The van der Waals surface area contributed by atoms with Crippen molar-refractivity contribution in [2.24, 2.45) is 0 Å². The molecule has 1 heterocycles. The van der Waals surface area contributed by atoms with Crippen LogP contribution in [0.3, 0.4) is 0 Å². The van der Waals surface area contributed by atoms with E-state index in [1.165, 1.54) is 12.1 Å². The van der Waals surface area contributed by atoms with E-state index in [-0.39, 0.29) is 11.3 Å². The number of phenols is 1. The van der Waals surface area contributed by atoms with Crippen LogP contribution in [0.4, 0.5) is 5.69 Å². The van der Waals surface area contributed by atoms with Gasteiger partial charge in [0.15, 0.2) is 5.60 Å². The lowest BCUT2D eigenvalue weighted by Crippen LogP contribution is -2.35. The summed E-state index contributed by atoms with van der Waals surface area (Å²) in [6.45, 7) is 0. The van der Waals surface area contributed by atoms with Crippen molar-refractivity contribution in [3.05, 3.63) is 58.1 Å². The zero-order chi connectivity index (χ0) is 13.6. The molecular formula is C14H10BrNO3. The number of aliphatic hydroxyl groups is 1. The molecule has 4 nitrogen and oxygen atoms in total. The number of rotatable bonds is 1. The molecule has 96 valence electrons. The lowest BCUT2D eigenvalue weighted by atomic mass is 9.87. The zero-order valence-electron chi connectivity index (χ0n) is 9.72. The third-order valence-electron chi connectivity index (χ3n) is 3.24. The van der Waals surface area contributed by atoms with Crippen LogP contribution in [0.2, 0.25) is 0 Å². The molecule has 3 N–H and O–H groups in total. The Morgan fingerprint density at radius 2 is 1.84 bits per heavy atom. The molecule has 5 heteroatoms. The van der Waals surface area contributed by atoms with Crippen molar-refractivity contribution in [2.75, 3.05) is 5.32 Å². The second-order valence-electron chi connectivity index (χ2n) is 4.37. The predicted octanol–water partition coefficient (Wildman–Crippen LogP) is 2.34. The van der Waals surface area contributed by atoms with E-state index < -0.39 is 11.5 Å². The number of carbonyl (C=O) groups excluding carboxylic acids is 1. The average Bonchev–Trinajstić information content (AvgIpc) is 2.62. The lowest BCUT2D eigenvalue weighted by Gasteiger charge is -2.22. The first kappa shape index (κ1) is 12.2. The molecule has 19 heavy (non-hydrogen) atoms. The van der Waals surface area contributed by atoms with E-state index in [1.807, 2.05) is 0 Å². The minimum absolute atomic E-state index is 0.115. The standard InChI is InChI=1S/C14H10BrNO3/c15-8-5-6-9-11(7-8)16-13(18)14(9,19)10-3-1-2-4-12(10)17/h1-7,17,19H,(H,16,18)/t14-/m0/s1. The van der Waals surface area contributed by atoms with Crippen LogP contribution >= 0.6 is 15.9 Å². The van der Waals surface area contributed by atoms with Crippen molar-refractivity contribution < 1.29 is 15.0 Å². The molecule has 0 bridgehead atoms. The number of hydrogen-bond donors (Lipinski definition) is 3. The molecule has 0 unspecified atom stereocenters. The van der Waals surface area contributed by atoms with Gasteiger partial charge in [0.25, 0.3) is 5.91 Å². The molecular weight excluding hydrogens is 310 g/mol. The molecule has 0 saturated heterocycles. The van der Waals surface area contributed by atoms with Gasteiger partial charge in [-0.05, 0) is 18.2 Å². The van der Waals surface area contributed by atoms with Gasteiger partial charge in [0.2, 0.25) is 0 Å². The van der Waals surface area contributed by atoms with Gasteiger partial charge in [-0.1, -0.05) is 40.2 Å². The minimum atomic E-state index is -1.86. The van der Waals surface area contributed by atoms with Crippen LogP contribution in [0.15, 0.2) is 46.9 Å². The number of phenolic OH excluding ortho intramolecular Hbond substituents is 1. The maximum absolute atomic E-state index is 12.1. The molecule has 0 aromatic heterocycles. The van der Waals surface area contributed by atoms with Crippen LogP contribution in [0, 0.1) is 0 Å². The molecule has 0 aliphatic carbocycles. The fourth-order valence-corrected chi connectivity index (χ4v) is 2.68. The SMILES string of the molecule is O=C1Nc2cc(Br)ccc2[C@]1(O)c1ccccc1O. The number of halogens is 1. The minimum Gasteiger partial charge on any atom is -0.508 e. The van der Waals surface area contributed by atoms with Crippen molar-refractivity contribution in [3.63, 3.8) is 0 Å². The summed E-state index contributed by atoms with van der Waals surface area (Å²) in [5.74, 6) is -0.682. The Morgan fingerprint density at radius 1 is 1.11 bits per heavy atom. The fraction of sp³-hybridized carbons (Fsp3) is 0.0714. The maximum Gasteiger partial charge on any atom is 0.266 e. The van der Waals surface area contributed by atoms with Crippen LogP contribution in [-0.4, -0.2) is 16.1 Å². The van der Waals surface area contributed by atoms with Crippen molar-refractivity contribution in [1.29, 1.82) is 0 Å². The van der Waals surface area contributed by atoms with Crippen molar-refractivity contribution in [3.8, 4) is 5.75 Å². The number of benzene rings is 2. The number of fused-ring (bicyclic) bond motifs is 1. The molecule has 0 saturated carbocycles. The highest BCUT2D eigenvalue weighted by Crippen LogP contribution is 2.44.